The number of anilines is 1. The number of thiophene rings is 1. The standard InChI is InChI=1S/C9H12N2S.C2H6/c1-6-7(2)12-9-8(6)5-10-3-4-11-9;1-2/h5,11H,3-4H2,1-2H3;1-2H3. The molecule has 1 N–H and O–H groups in total. The highest BCUT2D eigenvalue weighted by atomic mass is 32.1. The normalized spacial score (nSPS) is 13.4. The number of aryl methyl sites for hydroxylation is 1. The van der Waals surface area contributed by atoms with Gasteiger partial charge in [-0.1, -0.05) is 13.8 Å². The summed E-state index contributed by atoms with van der Waals surface area (Å²) in [6.45, 7) is 10.2. The zero-order valence-corrected chi connectivity index (χ0v) is 10.2. The van der Waals surface area contributed by atoms with Gasteiger partial charge in [0.15, 0.2) is 0 Å². The molecule has 0 amide bonds. The molecule has 78 valence electrons. The van der Waals surface area contributed by atoms with Crippen molar-refractivity contribution in [2.75, 3.05) is 18.4 Å². The number of nitrogens with zero attached hydrogens (tertiary/aromatic N) is 1. The second kappa shape index (κ2) is 5.15. The molecule has 3 heteroatoms. The Bertz CT molecular complexity index is 326. The molecule has 1 aromatic heterocycles. The predicted molar refractivity (Wildman–Crippen MR) is 66.1 cm³/mol. The summed E-state index contributed by atoms with van der Waals surface area (Å²) >= 11 is 1.83. The molecular formula is C11H18N2S. The van der Waals surface area contributed by atoms with Gasteiger partial charge in [0.2, 0.25) is 0 Å². The van der Waals surface area contributed by atoms with Gasteiger partial charge in [-0.3, -0.25) is 4.99 Å². The van der Waals surface area contributed by atoms with Crippen LogP contribution in [-0.4, -0.2) is 19.3 Å². The molecule has 1 aromatic rings. The molecule has 0 fully saturated rings. The molecule has 0 unspecified atom stereocenters. The van der Waals surface area contributed by atoms with Crippen molar-refractivity contribution >= 4 is 22.6 Å². The van der Waals surface area contributed by atoms with Crippen LogP contribution in [0.25, 0.3) is 0 Å². The van der Waals surface area contributed by atoms with Gasteiger partial charge in [-0.2, -0.15) is 0 Å². The van der Waals surface area contributed by atoms with Crippen molar-refractivity contribution in [1.82, 2.24) is 0 Å². The van der Waals surface area contributed by atoms with Gasteiger partial charge in [0.25, 0.3) is 0 Å². The summed E-state index contributed by atoms with van der Waals surface area (Å²) < 4.78 is 0. The number of nitrogens with one attached hydrogen (secondary N) is 1. The Morgan fingerprint density at radius 2 is 2.07 bits per heavy atom. The Labute approximate surface area is 90.1 Å². The summed E-state index contributed by atoms with van der Waals surface area (Å²) in [6.07, 6.45) is 1.99. The van der Waals surface area contributed by atoms with E-state index < -0.39 is 0 Å². The highest BCUT2D eigenvalue weighted by Crippen LogP contribution is 2.31. The molecule has 14 heavy (non-hydrogen) atoms. The monoisotopic (exact) mass is 210 g/mol. The van der Waals surface area contributed by atoms with E-state index in [0.717, 1.165) is 13.1 Å². The SMILES string of the molecule is CC.Cc1sc2c(c1C)C=NCCN2. The van der Waals surface area contributed by atoms with Crippen molar-refractivity contribution in [3.8, 4) is 0 Å². The Balaban J connectivity index is 0.000000461. The van der Waals surface area contributed by atoms with Crippen LogP contribution in [0.5, 0.6) is 0 Å². The lowest BCUT2D eigenvalue weighted by Crippen LogP contribution is -2.01. The van der Waals surface area contributed by atoms with Gasteiger partial charge < -0.3 is 5.32 Å². The van der Waals surface area contributed by atoms with Crippen molar-refractivity contribution in [1.29, 1.82) is 0 Å². The molecule has 2 nitrogen and oxygen atoms in total. The van der Waals surface area contributed by atoms with Crippen LogP contribution in [0.2, 0.25) is 0 Å². The van der Waals surface area contributed by atoms with E-state index in [4.69, 9.17) is 0 Å². The van der Waals surface area contributed by atoms with Crippen LogP contribution in [0.15, 0.2) is 4.99 Å². The lowest BCUT2D eigenvalue weighted by Gasteiger charge is -1.97. The van der Waals surface area contributed by atoms with Gasteiger partial charge in [-0.05, 0) is 19.4 Å². The summed E-state index contributed by atoms with van der Waals surface area (Å²) in [6, 6.07) is 0. The van der Waals surface area contributed by atoms with Crippen molar-refractivity contribution in [2.45, 2.75) is 27.7 Å². The molecule has 0 atom stereocenters. The summed E-state index contributed by atoms with van der Waals surface area (Å²) in [5, 5.41) is 4.66. The van der Waals surface area contributed by atoms with E-state index in [1.807, 2.05) is 31.4 Å². The first-order chi connectivity index (χ1) is 6.79. The average molecular weight is 210 g/mol. The molecule has 0 saturated carbocycles. The summed E-state index contributed by atoms with van der Waals surface area (Å²) in [5.41, 5.74) is 2.66. The molecule has 2 heterocycles. The van der Waals surface area contributed by atoms with Crippen LogP contribution < -0.4 is 5.32 Å². The van der Waals surface area contributed by atoms with Crippen molar-refractivity contribution in [3.05, 3.63) is 16.0 Å². The largest absolute Gasteiger partial charge is 0.375 e. The van der Waals surface area contributed by atoms with Crippen LogP contribution in [0.1, 0.15) is 29.9 Å². The van der Waals surface area contributed by atoms with Gasteiger partial charge in [0, 0.05) is 23.2 Å². The highest BCUT2D eigenvalue weighted by molar-refractivity contribution is 7.16. The Morgan fingerprint density at radius 3 is 2.79 bits per heavy atom. The van der Waals surface area contributed by atoms with E-state index in [0.29, 0.717) is 0 Å². The van der Waals surface area contributed by atoms with E-state index >= 15 is 0 Å². The minimum atomic E-state index is 0.889. The smallest absolute Gasteiger partial charge is 0.0977 e. The molecule has 0 spiro atoms. The summed E-state index contributed by atoms with van der Waals surface area (Å²) in [7, 11) is 0. The molecule has 1 aliphatic rings. The maximum atomic E-state index is 4.31. The first kappa shape index (κ1) is 11.2. The van der Waals surface area contributed by atoms with Crippen LogP contribution in [0, 0.1) is 13.8 Å². The molecule has 1 aliphatic heterocycles. The third-order valence-corrected chi connectivity index (χ3v) is 3.36. The second-order valence-corrected chi connectivity index (χ2v) is 4.21. The lowest BCUT2D eigenvalue weighted by molar-refractivity contribution is 1.04. The van der Waals surface area contributed by atoms with Gasteiger partial charge in [-0.15, -0.1) is 11.3 Å². The zero-order valence-electron chi connectivity index (χ0n) is 9.35. The molecule has 2 rings (SSSR count). The quantitative estimate of drug-likeness (QED) is 0.698. The first-order valence-corrected chi connectivity index (χ1v) is 5.94. The van der Waals surface area contributed by atoms with Crippen LogP contribution in [0.4, 0.5) is 5.00 Å². The minimum Gasteiger partial charge on any atom is -0.375 e. The number of hydrogen-bond donors (Lipinski definition) is 1. The molecule has 0 saturated heterocycles. The number of aliphatic imine (C=N–C) groups is 1. The summed E-state index contributed by atoms with van der Waals surface area (Å²) in [5.74, 6) is 0. The van der Waals surface area contributed by atoms with Crippen LogP contribution in [0.3, 0.4) is 0 Å². The van der Waals surface area contributed by atoms with E-state index in [1.54, 1.807) is 0 Å². The fourth-order valence-electron chi connectivity index (χ4n) is 1.32. The van der Waals surface area contributed by atoms with Gasteiger partial charge in [-0.25, -0.2) is 0 Å². The Kier molecular flexibility index (Phi) is 4.14. The van der Waals surface area contributed by atoms with E-state index in [9.17, 15) is 0 Å². The zero-order chi connectivity index (χ0) is 10.6. The van der Waals surface area contributed by atoms with Crippen LogP contribution in [-0.2, 0) is 0 Å². The maximum Gasteiger partial charge on any atom is 0.0977 e. The first-order valence-electron chi connectivity index (χ1n) is 5.12. The Morgan fingerprint density at radius 1 is 1.36 bits per heavy atom. The number of hydrogen-bond acceptors (Lipinski definition) is 3. The second-order valence-electron chi connectivity index (χ2n) is 2.99. The topological polar surface area (TPSA) is 24.4 Å². The molecule has 0 aliphatic carbocycles. The number of fused-ring (bicyclic) bond motifs is 1. The van der Waals surface area contributed by atoms with Gasteiger partial charge in [0.05, 0.1) is 11.5 Å². The van der Waals surface area contributed by atoms with Gasteiger partial charge in [0.1, 0.15) is 0 Å². The summed E-state index contributed by atoms with van der Waals surface area (Å²) in [4.78, 5) is 5.70. The van der Waals surface area contributed by atoms with Gasteiger partial charge >= 0.3 is 0 Å². The van der Waals surface area contributed by atoms with Crippen LogP contribution >= 0.6 is 11.3 Å². The lowest BCUT2D eigenvalue weighted by atomic mass is 10.2. The predicted octanol–water partition coefficient (Wildman–Crippen LogP) is 3.24. The average Bonchev–Trinajstić information content (AvgIpc) is 2.44. The van der Waals surface area contributed by atoms with Crippen molar-refractivity contribution in [3.63, 3.8) is 0 Å². The van der Waals surface area contributed by atoms with E-state index in [1.165, 1.54) is 21.0 Å². The fraction of sp³-hybridized carbons (Fsp3) is 0.545. The fourth-order valence-corrected chi connectivity index (χ4v) is 2.38. The molecular weight excluding hydrogens is 192 g/mol. The van der Waals surface area contributed by atoms with Crippen molar-refractivity contribution in [2.24, 2.45) is 4.99 Å². The van der Waals surface area contributed by atoms with Crippen molar-refractivity contribution < 1.29 is 0 Å². The molecule has 0 radical (unpaired) electrons. The minimum absolute atomic E-state index is 0.889. The maximum absolute atomic E-state index is 4.31. The van der Waals surface area contributed by atoms with E-state index in [-0.39, 0.29) is 0 Å². The third-order valence-electron chi connectivity index (χ3n) is 2.18. The highest BCUT2D eigenvalue weighted by Gasteiger charge is 2.11. The molecule has 0 aromatic carbocycles. The third kappa shape index (κ3) is 2.15. The Hall–Kier alpha value is -0.830. The van der Waals surface area contributed by atoms with E-state index in [2.05, 4.69) is 24.2 Å². The molecule has 0 bridgehead atoms. The number of rotatable bonds is 0.